The first-order valence-corrected chi connectivity index (χ1v) is 8.28. The number of rotatable bonds is 3. The van der Waals surface area contributed by atoms with Gasteiger partial charge in [-0.15, -0.1) is 5.10 Å². The van der Waals surface area contributed by atoms with Gasteiger partial charge in [-0.1, -0.05) is 41.7 Å². The van der Waals surface area contributed by atoms with Crippen LogP contribution in [0.1, 0.15) is 5.56 Å². The fraction of sp³-hybridized carbons (Fsp3) is 0.0556. The third-order valence-electron chi connectivity index (χ3n) is 3.72. The van der Waals surface area contributed by atoms with Crippen molar-refractivity contribution in [2.45, 2.75) is 0 Å². The number of nitrogens with zero attached hydrogens (tertiary/aromatic N) is 3. The summed E-state index contributed by atoms with van der Waals surface area (Å²) in [4.78, 5) is 17.4. The van der Waals surface area contributed by atoms with Crippen molar-refractivity contribution < 1.29 is 9.13 Å². The number of aromatic nitrogens is 3. The van der Waals surface area contributed by atoms with Gasteiger partial charge in [0.1, 0.15) is 11.6 Å². The lowest BCUT2D eigenvalue weighted by atomic mass is 10.2. The van der Waals surface area contributed by atoms with Gasteiger partial charge < -0.3 is 4.74 Å². The summed E-state index contributed by atoms with van der Waals surface area (Å²) in [7, 11) is 1.57. The second kappa shape index (κ2) is 6.10. The molecule has 0 aliphatic rings. The predicted molar refractivity (Wildman–Crippen MR) is 94.3 cm³/mol. The highest BCUT2D eigenvalue weighted by molar-refractivity contribution is 7.15. The lowest BCUT2D eigenvalue weighted by Crippen LogP contribution is -2.23. The Kier molecular flexibility index (Phi) is 3.77. The summed E-state index contributed by atoms with van der Waals surface area (Å²) < 4.78 is 20.7. The smallest absolute Gasteiger partial charge is 0.291 e. The molecular weight excluding hydrogens is 341 g/mol. The number of benzene rings is 2. The fourth-order valence-electron chi connectivity index (χ4n) is 2.51. The van der Waals surface area contributed by atoms with Crippen LogP contribution in [0.15, 0.2) is 53.3 Å². The molecule has 0 fully saturated rings. The molecule has 0 N–H and O–H groups in total. The molecule has 4 rings (SSSR count). The Hall–Kier alpha value is -3.06. The quantitative estimate of drug-likeness (QED) is 0.568. The van der Waals surface area contributed by atoms with Crippen molar-refractivity contribution in [1.29, 1.82) is 0 Å². The average Bonchev–Trinajstić information content (AvgIpc) is 3.17. The SMILES string of the molecule is COc1ccccc1-c1nc2s/c(=C\c3ccccc3F)c(=O)n2n1. The topological polar surface area (TPSA) is 56.5 Å². The third kappa shape index (κ3) is 2.68. The first kappa shape index (κ1) is 15.5. The van der Waals surface area contributed by atoms with Gasteiger partial charge in [-0.25, -0.2) is 4.39 Å². The first-order valence-electron chi connectivity index (χ1n) is 7.46. The van der Waals surface area contributed by atoms with Crippen LogP contribution in [0.5, 0.6) is 5.75 Å². The van der Waals surface area contributed by atoms with Crippen molar-refractivity contribution in [3.63, 3.8) is 0 Å². The van der Waals surface area contributed by atoms with E-state index in [2.05, 4.69) is 10.1 Å². The van der Waals surface area contributed by atoms with Crippen molar-refractivity contribution in [2.75, 3.05) is 7.11 Å². The number of ether oxygens (including phenoxy) is 1. The van der Waals surface area contributed by atoms with Gasteiger partial charge in [-0.2, -0.15) is 9.50 Å². The zero-order valence-electron chi connectivity index (χ0n) is 13.1. The number of methoxy groups -OCH3 is 1. The lowest BCUT2D eigenvalue weighted by Gasteiger charge is -2.03. The molecule has 7 heteroatoms. The Morgan fingerprint density at radius 1 is 1.16 bits per heavy atom. The molecule has 124 valence electrons. The number of para-hydroxylation sites is 1. The minimum atomic E-state index is -0.379. The van der Waals surface area contributed by atoms with Crippen molar-refractivity contribution in [3.8, 4) is 17.1 Å². The van der Waals surface area contributed by atoms with E-state index in [4.69, 9.17) is 4.74 Å². The van der Waals surface area contributed by atoms with Crippen LogP contribution >= 0.6 is 11.3 Å². The van der Waals surface area contributed by atoms with Gasteiger partial charge in [0, 0.05) is 5.56 Å². The van der Waals surface area contributed by atoms with Gasteiger partial charge in [-0.3, -0.25) is 4.79 Å². The normalized spacial score (nSPS) is 12.0. The van der Waals surface area contributed by atoms with E-state index in [1.807, 2.05) is 18.2 Å². The van der Waals surface area contributed by atoms with Gasteiger partial charge in [0.25, 0.3) is 5.56 Å². The number of hydrogen-bond donors (Lipinski definition) is 0. The minimum absolute atomic E-state index is 0.322. The van der Waals surface area contributed by atoms with Crippen molar-refractivity contribution >= 4 is 22.4 Å². The Balaban J connectivity index is 1.86. The fourth-order valence-corrected chi connectivity index (χ4v) is 3.41. The summed E-state index contributed by atoms with van der Waals surface area (Å²) in [6, 6.07) is 13.6. The molecule has 0 amide bonds. The van der Waals surface area contributed by atoms with E-state index in [0.29, 0.717) is 32.2 Å². The van der Waals surface area contributed by atoms with E-state index in [9.17, 15) is 9.18 Å². The summed E-state index contributed by atoms with van der Waals surface area (Å²) in [5.74, 6) is 0.667. The van der Waals surface area contributed by atoms with Crippen LogP contribution < -0.4 is 14.8 Å². The highest BCUT2D eigenvalue weighted by atomic mass is 32.1. The Bertz CT molecular complexity index is 1180. The molecule has 0 atom stereocenters. The summed E-state index contributed by atoms with van der Waals surface area (Å²) in [5.41, 5.74) is 0.742. The van der Waals surface area contributed by atoms with Gasteiger partial charge >= 0.3 is 0 Å². The molecule has 5 nitrogen and oxygen atoms in total. The van der Waals surface area contributed by atoms with Gasteiger partial charge in [0.05, 0.1) is 17.2 Å². The molecular formula is C18H12FN3O2S. The molecule has 0 saturated carbocycles. The summed E-state index contributed by atoms with van der Waals surface area (Å²) in [6.45, 7) is 0. The Labute approximate surface area is 145 Å². The van der Waals surface area contributed by atoms with Crippen LogP contribution in [-0.4, -0.2) is 21.7 Å². The largest absolute Gasteiger partial charge is 0.496 e. The van der Waals surface area contributed by atoms with E-state index in [0.717, 1.165) is 0 Å². The maximum atomic E-state index is 13.8. The highest BCUT2D eigenvalue weighted by Gasteiger charge is 2.15. The second-order valence-electron chi connectivity index (χ2n) is 5.27. The van der Waals surface area contributed by atoms with E-state index in [-0.39, 0.29) is 11.4 Å². The monoisotopic (exact) mass is 353 g/mol. The molecule has 0 radical (unpaired) electrons. The molecule has 0 bridgehead atoms. The number of fused-ring (bicyclic) bond motifs is 1. The van der Waals surface area contributed by atoms with Gasteiger partial charge in [0.2, 0.25) is 4.96 Å². The molecule has 0 aliphatic carbocycles. The first-order chi connectivity index (χ1) is 12.2. The van der Waals surface area contributed by atoms with Crippen molar-refractivity contribution in [2.24, 2.45) is 0 Å². The van der Waals surface area contributed by atoms with E-state index in [1.54, 1.807) is 31.4 Å². The molecule has 0 unspecified atom stereocenters. The number of hydrogen-bond acceptors (Lipinski definition) is 5. The maximum absolute atomic E-state index is 13.8. The van der Waals surface area contributed by atoms with Crippen LogP contribution in [-0.2, 0) is 0 Å². The summed E-state index contributed by atoms with van der Waals surface area (Å²) >= 11 is 1.17. The number of halogens is 1. The maximum Gasteiger partial charge on any atom is 0.291 e. The van der Waals surface area contributed by atoms with Gasteiger partial charge in [0.15, 0.2) is 5.82 Å². The van der Waals surface area contributed by atoms with E-state index in [1.165, 1.54) is 28.0 Å². The molecule has 0 saturated heterocycles. The molecule has 0 aliphatic heterocycles. The van der Waals surface area contributed by atoms with Crippen LogP contribution in [0.25, 0.3) is 22.4 Å². The molecule has 2 aromatic carbocycles. The molecule has 2 aromatic heterocycles. The second-order valence-corrected chi connectivity index (χ2v) is 6.28. The van der Waals surface area contributed by atoms with E-state index >= 15 is 0 Å². The van der Waals surface area contributed by atoms with Crippen LogP contribution in [0.4, 0.5) is 4.39 Å². The molecule has 0 spiro atoms. The highest BCUT2D eigenvalue weighted by Crippen LogP contribution is 2.27. The van der Waals surface area contributed by atoms with Crippen LogP contribution in [0.2, 0.25) is 0 Å². The Morgan fingerprint density at radius 3 is 2.68 bits per heavy atom. The van der Waals surface area contributed by atoms with Crippen LogP contribution in [0, 0.1) is 5.82 Å². The average molecular weight is 353 g/mol. The van der Waals surface area contributed by atoms with Crippen LogP contribution in [0.3, 0.4) is 0 Å². The van der Waals surface area contributed by atoms with Gasteiger partial charge in [-0.05, 0) is 24.3 Å². The standard InChI is InChI=1S/C18H12FN3O2S/c1-24-14-9-5-3-7-12(14)16-20-18-22(21-16)17(23)15(25-18)10-11-6-2-4-8-13(11)19/h2-10H,1H3/b15-10-. The molecule has 2 heterocycles. The third-order valence-corrected chi connectivity index (χ3v) is 4.68. The van der Waals surface area contributed by atoms with E-state index < -0.39 is 0 Å². The van der Waals surface area contributed by atoms with Crippen molar-refractivity contribution in [1.82, 2.24) is 14.6 Å². The summed E-state index contributed by atoms with van der Waals surface area (Å²) in [5, 5.41) is 4.29. The molecule has 25 heavy (non-hydrogen) atoms. The zero-order chi connectivity index (χ0) is 17.4. The lowest BCUT2D eigenvalue weighted by molar-refractivity contribution is 0.416. The zero-order valence-corrected chi connectivity index (χ0v) is 14.0. The van der Waals surface area contributed by atoms with Crippen molar-refractivity contribution in [3.05, 3.63) is 74.8 Å². The Morgan fingerprint density at radius 2 is 1.92 bits per heavy atom. The number of thiazole rings is 1. The predicted octanol–water partition coefficient (Wildman–Crippen LogP) is 2.51. The summed E-state index contributed by atoms with van der Waals surface area (Å²) in [6.07, 6.45) is 1.52. The molecule has 4 aromatic rings. The minimum Gasteiger partial charge on any atom is -0.496 e.